The predicted octanol–water partition coefficient (Wildman–Crippen LogP) is 4.67. The zero-order valence-electron chi connectivity index (χ0n) is 17.2. The van der Waals surface area contributed by atoms with E-state index in [2.05, 4.69) is 5.32 Å². The Labute approximate surface area is 184 Å². The van der Waals surface area contributed by atoms with Gasteiger partial charge in [0.15, 0.2) is 12.4 Å². The highest BCUT2D eigenvalue weighted by molar-refractivity contribution is 6.32. The summed E-state index contributed by atoms with van der Waals surface area (Å²) in [5, 5.41) is 13.6. The van der Waals surface area contributed by atoms with Gasteiger partial charge in [-0.1, -0.05) is 38.4 Å². The minimum absolute atomic E-state index is 0.0145. The molecule has 0 aliphatic heterocycles. The number of carbonyl (C=O) groups excluding carboxylic acids is 3. The lowest BCUT2D eigenvalue weighted by molar-refractivity contribution is -0.384. The van der Waals surface area contributed by atoms with Gasteiger partial charge in [-0.05, 0) is 42.0 Å². The Morgan fingerprint density at radius 3 is 2.35 bits per heavy atom. The minimum Gasteiger partial charge on any atom is -0.454 e. The summed E-state index contributed by atoms with van der Waals surface area (Å²) in [6.45, 7) is 4.89. The minimum atomic E-state index is -0.778. The Hall–Kier alpha value is -3.52. The van der Waals surface area contributed by atoms with E-state index in [1.807, 2.05) is 0 Å². The van der Waals surface area contributed by atoms with Crippen molar-refractivity contribution >= 4 is 46.7 Å². The molecule has 162 valence electrons. The van der Waals surface area contributed by atoms with Gasteiger partial charge in [0, 0.05) is 28.8 Å². The summed E-state index contributed by atoms with van der Waals surface area (Å²) in [6.07, 6.45) is 2.38. The van der Waals surface area contributed by atoms with E-state index in [-0.39, 0.29) is 16.6 Å². The van der Waals surface area contributed by atoms with E-state index in [4.69, 9.17) is 16.3 Å². The first-order valence-electron chi connectivity index (χ1n) is 9.21. The fourth-order valence-corrected chi connectivity index (χ4v) is 2.45. The molecular weight excluding hydrogens is 424 g/mol. The van der Waals surface area contributed by atoms with Crippen LogP contribution in [0.2, 0.25) is 5.02 Å². The van der Waals surface area contributed by atoms with Crippen molar-refractivity contribution in [1.29, 1.82) is 0 Å². The molecule has 1 amide bonds. The van der Waals surface area contributed by atoms with Crippen LogP contribution in [0.5, 0.6) is 0 Å². The lowest BCUT2D eigenvalue weighted by Gasteiger charge is -2.17. The van der Waals surface area contributed by atoms with Gasteiger partial charge >= 0.3 is 5.97 Å². The number of esters is 1. The van der Waals surface area contributed by atoms with E-state index >= 15 is 0 Å². The molecule has 0 aliphatic carbocycles. The molecule has 0 atom stereocenters. The normalized spacial score (nSPS) is 11.2. The fraction of sp³-hybridized carbons (Fsp3) is 0.227. The van der Waals surface area contributed by atoms with Gasteiger partial charge < -0.3 is 10.1 Å². The number of nitro benzene ring substituents is 1. The monoisotopic (exact) mass is 444 g/mol. The van der Waals surface area contributed by atoms with Crippen molar-refractivity contribution in [3.05, 3.63) is 74.8 Å². The van der Waals surface area contributed by atoms with Crippen LogP contribution in [0.3, 0.4) is 0 Å². The largest absolute Gasteiger partial charge is 0.454 e. The number of nitrogens with one attached hydrogen (secondary N) is 1. The van der Waals surface area contributed by atoms with E-state index in [0.29, 0.717) is 16.8 Å². The van der Waals surface area contributed by atoms with E-state index in [1.54, 1.807) is 32.9 Å². The molecule has 8 nitrogen and oxygen atoms in total. The molecular formula is C22H21ClN2O6. The number of hydrogen-bond acceptors (Lipinski definition) is 6. The van der Waals surface area contributed by atoms with Gasteiger partial charge in [-0.2, -0.15) is 0 Å². The van der Waals surface area contributed by atoms with Crippen molar-refractivity contribution in [2.45, 2.75) is 20.8 Å². The Balaban J connectivity index is 1.91. The van der Waals surface area contributed by atoms with E-state index in [1.165, 1.54) is 36.4 Å². The molecule has 1 N–H and O–H groups in total. The summed E-state index contributed by atoms with van der Waals surface area (Å²) in [7, 11) is 0. The van der Waals surface area contributed by atoms with Crippen molar-refractivity contribution in [3.8, 4) is 0 Å². The average molecular weight is 445 g/mol. The number of halogens is 1. The first-order chi connectivity index (χ1) is 14.5. The number of nitrogens with zero attached hydrogens (tertiary/aromatic N) is 1. The maximum Gasteiger partial charge on any atom is 0.331 e. The maximum absolute atomic E-state index is 12.2. The van der Waals surface area contributed by atoms with E-state index in [0.717, 1.165) is 6.08 Å². The highest BCUT2D eigenvalue weighted by Crippen LogP contribution is 2.25. The maximum atomic E-state index is 12.2. The highest BCUT2D eigenvalue weighted by Gasteiger charge is 2.21. The summed E-state index contributed by atoms with van der Waals surface area (Å²) >= 11 is 5.74. The van der Waals surface area contributed by atoms with Crippen LogP contribution in [0.25, 0.3) is 6.08 Å². The molecule has 31 heavy (non-hydrogen) atoms. The molecule has 0 fully saturated rings. The Morgan fingerprint density at radius 1 is 1.13 bits per heavy atom. The van der Waals surface area contributed by atoms with E-state index < -0.39 is 28.7 Å². The average Bonchev–Trinajstić information content (AvgIpc) is 2.71. The smallest absolute Gasteiger partial charge is 0.331 e. The Bertz CT molecular complexity index is 1040. The topological polar surface area (TPSA) is 116 Å². The molecule has 0 spiro atoms. The van der Waals surface area contributed by atoms with Crippen molar-refractivity contribution in [2.24, 2.45) is 5.41 Å². The molecule has 2 aromatic carbocycles. The van der Waals surface area contributed by atoms with Gasteiger partial charge in [0.05, 0.1) is 4.92 Å². The third-order valence-electron chi connectivity index (χ3n) is 4.07. The number of ketones is 1. The van der Waals surface area contributed by atoms with E-state index in [9.17, 15) is 24.5 Å². The van der Waals surface area contributed by atoms with Crippen molar-refractivity contribution in [3.63, 3.8) is 0 Å². The van der Waals surface area contributed by atoms with Gasteiger partial charge in [-0.25, -0.2) is 4.79 Å². The Morgan fingerprint density at radius 2 is 1.77 bits per heavy atom. The van der Waals surface area contributed by atoms with Crippen molar-refractivity contribution < 1.29 is 24.0 Å². The molecule has 0 radical (unpaired) electrons. The third kappa shape index (κ3) is 7.04. The summed E-state index contributed by atoms with van der Waals surface area (Å²) in [5.74, 6) is -1.35. The molecule has 2 rings (SSSR count). The number of rotatable bonds is 7. The number of benzene rings is 2. The molecule has 0 heterocycles. The van der Waals surface area contributed by atoms with Gasteiger partial charge in [0.25, 0.3) is 5.69 Å². The second-order valence-electron chi connectivity index (χ2n) is 7.61. The van der Waals surface area contributed by atoms with Crippen LogP contribution < -0.4 is 5.32 Å². The second-order valence-corrected chi connectivity index (χ2v) is 8.02. The lowest BCUT2D eigenvalue weighted by atomic mass is 9.95. The van der Waals surface area contributed by atoms with Gasteiger partial charge in [-0.15, -0.1) is 0 Å². The molecule has 0 saturated carbocycles. The standard InChI is InChI=1S/C22H21ClN2O6/c1-22(2,3)21(28)24-16-8-6-15(7-9-16)19(26)13-31-20(27)11-5-14-4-10-17(23)18(12-14)25(29)30/h4-12H,13H2,1-3H3,(H,24,28)/b11-5+. The van der Waals surface area contributed by atoms with Gasteiger partial charge in [0.1, 0.15) is 5.02 Å². The van der Waals surface area contributed by atoms with Crippen LogP contribution in [-0.4, -0.2) is 29.2 Å². The zero-order valence-corrected chi connectivity index (χ0v) is 17.9. The molecule has 0 bridgehead atoms. The summed E-state index contributed by atoms with van der Waals surface area (Å²) < 4.78 is 4.92. The molecule has 0 aromatic heterocycles. The van der Waals surface area contributed by atoms with Crippen LogP contribution >= 0.6 is 11.6 Å². The third-order valence-corrected chi connectivity index (χ3v) is 4.39. The van der Waals surface area contributed by atoms with Crippen molar-refractivity contribution in [2.75, 3.05) is 11.9 Å². The van der Waals surface area contributed by atoms with Crippen LogP contribution in [0.15, 0.2) is 48.5 Å². The molecule has 9 heteroatoms. The van der Waals surface area contributed by atoms with Crippen LogP contribution in [0.1, 0.15) is 36.7 Å². The Kier molecular flexibility index (Phi) is 7.66. The van der Waals surface area contributed by atoms with Gasteiger partial charge in [-0.3, -0.25) is 19.7 Å². The van der Waals surface area contributed by atoms with Crippen LogP contribution in [0.4, 0.5) is 11.4 Å². The molecule has 0 unspecified atom stereocenters. The number of carbonyl (C=O) groups is 3. The van der Waals surface area contributed by atoms with Crippen LogP contribution in [-0.2, 0) is 14.3 Å². The summed E-state index contributed by atoms with van der Waals surface area (Å²) in [6, 6.07) is 10.3. The number of anilines is 1. The second kappa shape index (κ2) is 9.99. The number of ether oxygens (including phenoxy) is 1. The zero-order chi connectivity index (χ0) is 23.2. The van der Waals surface area contributed by atoms with Crippen molar-refractivity contribution in [1.82, 2.24) is 0 Å². The number of Topliss-reactive ketones (excluding diaryl/α,β-unsaturated/α-hetero) is 1. The molecule has 0 aliphatic rings. The summed E-state index contributed by atoms with van der Waals surface area (Å²) in [4.78, 5) is 46.3. The van der Waals surface area contributed by atoms with Crippen LogP contribution in [0, 0.1) is 15.5 Å². The lowest BCUT2D eigenvalue weighted by Crippen LogP contribution is -2.27. The fourth-order valence-electron chi connectivity index (χ4n) is 2.26. The quantitative estimate of drug-likeness (QED) is 0.218. The SMILES string of the molecule is CC(C)(C)C(=O)Nc1ccc(C(=O)COC(=O)/C=C/c2ccc(Cl)c([N+](=O)[O-])c2)cc1. The number of amides is 1. The number of nitro groups is 1. The number of hydrogen-bond donors (Lipinski definition) is 1. The highest BCUT2D eigenvalue weighted by atomic mass is 35.5. The predicted molar refractivity (Wildman–Crippen MR) is 117 cm³/mol. The summed E-state index contributed by atoms with van der Waals surface area (Å²) in [5.41, 5.74) is 0.418. The molecule has 2 aromatic rings. The van der Waals surface area contributed by atoms with Gasteiger partial charge in [0.2, 0.25) is 5.91 Å². The first kappa shape index (κ1) is 23.8. The molecule has 0 saturated heterocycles. The first-order valence-corrected chi connectivity index (χ1v) is 9.58.